The van der Waals surface area contributed by atoms with E-state index in [1.165, 1.54) is 13.1 Å². The molecule has 1 fully saturated rings. The third kappa shape index (κ3) is 9.06. The molecule has 44 heavy (non-hydrogen) atoms. The van der Waals surface area contributed by atoms with Crippen molar-refractivity contribution >= 4 is 5.96 Å². The lowest BCUT2D eigenvalue weighted by Gasteiger charge is -2.38. The highest BCUT2D eigenvalue weighted by Crippen LogP contribution is 2.38. The first kappa shape index (κ1) is 35.1. The van der Waals surface area contributed by atoms with Crippen LogP contribution in [0, 0.1) is 11.3 Å². The molecule has 2 aromatic rings. The van der Waals surface area contributed by atoms with Crippen LogP contribution in [0.3, 0.4) is 0 Å². The van der Waals surface area contributed by atoms with Gasteiger partial charge in [-0.15, -0.1) is 0 Å². The highest BCUT2D eigenvalue weighted by Gasteiger charge is 2.37. The predicted molar refractivity (Wildman–Crippen MR) is 143 cm³/mol. The number of halogens is 9. The summed E-state index contributed by atoms with van der Waals surface area (Å²) in [6.07, 6.45) is -13.2. The summed E-state index contributed by atoms with van der Waals surface area (Å²) >= 11 is 0. The lowest BCUT2D eigenvalue weighted by atomic mass is 9.91. The molecule has 0 spiro atoms. The van der Waals surface area contributed by atoms with Crippen molar-refractivity contribution in [3.63, 3.8) is 0 Å². The Hall–Kier alpha value is -3.40. The molecule has 0 bridgehead atoms. The molecule has 1 atom stereocenters. The van der Waals surface area contributed by atoms with Crippen molar-refractivity contribution in [2.75, 3.05) is 26.7 Å². The normalized spacial score (nSPS) is 16.4. The SMILES string of the molecule is CCC(c1ccc(C(F)(F)F)cc1CN(Cc1cc(C(F)(F)F)cc(C(F)(F)F)c1)C(=N)/N=N\NC)N1CCC(CO)CC1. The number of aliphatic hydroxyl groups is 1. The minimum Gasteiger partial charge on any atom is -0.396 e. The van der Waals surface area contributed by atoms with E-state index in [1.54, 1.807) is 0 Å². The Balaban J connectivity index is 2.11. The van der Waals surface area contributed by atoms with Crippen LogP contribution in [-0.2, 0) is 31.6 Å². The fourth-order valence-electron chi connectivity index (χ4n) is 5.27. The molecule has 0 radical (unpaired) electrons. The van der Waals surface area contributed by atoms with Crippen LogP contribution >= 0.6 is 0 Å². The molecule has 1 unspecified atom stereocenters. The Morgan fingerprint density at radius 2 is 1.50 bits per heavy atom. The average Bonchev–Trinajstić information content (AvgIpc) is 2.95. The second kappa shape index (κ2) is 14.1. The Labute approximate surface area is 248 Å². The van der Waals surface area contributed by atoms with E-state index in [9.17, 15) is 44.6 Å². The fraction of sp³-hybridized carbons (Fsp3) is 0.536. The highest BCUT2D eigenvalue weighted by atomic mass is 19.4. The van der Waals surface area contributed by atoms with Crippen molar-refractivity contribution in [3.05, 3.63) is 69.8 Å². The van der Waals surface area contributed by atoms with Crippen LogP contribution in [0.2, 0.25) is 0 Å². The molecule has 3 N–H and O–H groups in total. The van der Waals surface area contributed by atoms with Crippen molar-refractivity contribution in [2.24, 2.45) is 16.3 Å². The number of hydrogen-bond donors (Lipinski definition) is 3. The number of benzene rings is 2. The van der Waals surface area contributed by atoms with Crippen molar-refractivity contribution < 1.29 is 44.6 Å². The standard InChI is InChI=1S/C28H33F9N6O/c1-3-24(42-8-6-17(16-44)7-9-42)23-5-4-20(26(29,30)31)12-19(23)15-43(25(38)40-41-39-2)14-18-10-21(27(32,33)34)13-22(11-18)28(35,36)37/h4-5,10-13,17,24,44H,3,6-9,14-16H2,1-2H3,(H2,38,39,40). The van der Waals surface area contributed by atoms with Crippen LogP contribution < -0.4 is 5.43 Å². The molecule has 0 aromatic heterocycles. The summed E-state index contributed by atoms with van der Waals surface area (Å²) in [7, 11) is 1.33. The third-order valence-corrected chi connectivity index (χ3v) is 7.49. The second-order valence-corrected chi connectivity index (χ2v) is 10.5. The van der Waals surface area contributed by atoms with Gasteiger partial charge in [-0.05, 0) is 85.3 Å². The molecule has 3 rings (SSSR count). The van der Waals surface area contributed by atoms with Gasteiger partial charge in [0.2, 0.25) is 5.96 Å². The molecule has 1 aliphatic heterocycles. The van der Waals surface area contributed by atoms with Gasteiger partial charge >= 0.3 is 18.5 Å². The summed E-state index contributed by atoms with van der Waals surface area (Å²) < 4.78 is 122. The van der Waals surface area contributed by atoms with Gasteiger partial charge in [0.05, 0.1) is 16.7 Å². The minimum atomic E-state index is -5.12. The fourth-order valence-corrected chi connectivity index (χ4v) is 5.27. The van der Waals surface area contributed by atoms with Crippen LogP contribution in [0.1, 0.15) is 65.6 Å². The van der Waals surface area contributed by atoms with E-state index in [4.69, 9.17) is 5.41 Å². The van der Waals surface area contributed by atoms with Crippen molar-refractivity contribution in [2.45, 2.75) is 63.8 Å². The van der Waals surface area contributed by atoms with Gasteiger partial charge in [0, 0.05) is 32.8 Å². The molecule has 1 heterocycles. The Morgan fingerprint density at radius 3 is 1.98 bits per heavy atom. The largest absolute Gasteiger partial charge is 0.416 e. The number of likely N-dealkylation sites (tertiary alicyclic amines) is 1. The molecular formula is C28H33F9N6O. The summed E-state index contributed by atoms with van der Waals surface area (Å²) in [6.45, 7) is 1.76. The van der Waals surface area contributed by atoms with E-state index in [-0.39, 0.29) is 30.2 Å². The minimum absolute atomic E-state index is 0.0139. The maximum Gasteiger partial charge on any atom is 0.416 e. The maximum absolute atomic E-state index is 13.8. The lowest BCUT2D eigenvalue weighted by molar-refractivity contribution is -0.143. The highest BCUT2D eigenvalue weighted by molar-refractivity contribution is 5.77. The van der Waals surface area contributed by atoms with Crippen LogP contribution in [0.5, 0.6) is 0 Å². The van der Waals surface area contributed by atoms with Gasteiger partial charge in [0.15, 0.2) is 0 Å². The van der Waals surface area contributed by atoms with Crippen molar-refractivity contribution in [1.82, 2.24) is 15.2 Å². The first-order valence-electron chi connectivity index (χ1n) is 13.7. The summed E-state index contributed by atoms with van der Waals surface area (Å²) in [6, 6.07) is 3.69. The lowest BCUT2D eigenvalue weighted by Crippen LogP contribution is -2.38. The zero-order valence-corrected chi connectivity index (χ0v) is 23.9. The van der Waals surface area contributed by atoms with E-state index in [1.807, 2.05) is 6.92 Å². The summed E-state index contributed by atoms with van der Waals surface area (Å²) in [4.78, 5) is 3.03. The second-order valence-electron chi connectivity index (χ2n) is 10.5. The number of rotatable bonds is 9. The maximum atomic E-state index is 13.8. The van der Waals surface area contributed by atoms with E-state index in [2.05, 4.69) is 20.7 Å². The predicted octanol–water partition coefficient (Wildman–Crippen LogP) is 7.42. The van der Waals surface area contributed by atoms with E-state index < -0.39 is 59.8 Å². The molecule has 0 aliphatic carbocycles. The van der Waals surface area contributed by atoms with Crippen LogP contribution in [0.15, 0.2) is 46.7 Å². The Kier molecular flexibility index (Phi) is 11.3. The van der Waals surface area contributed by atoms with E-state index >= 15 is 0 Å². The molecular weight excluding hydrogens is 607 g/mol. The van der Waals surface area contributed by atoms with E-state index in [0.29, 0.717) is 50.0 Å². The number of nitrogens with zero attached hydrogens (tertiary/aromatic N) is 4. The van der Waals surface area contributed by atoms with Crippen LogP contribution in [0.4, 0.5) is 39.5 Å². The van der Waals surface area contributed by atoms with E-state index in [0.717, 1.165) is 17.0 Å². The first-order valence-corrected chi connectivity index (χ1v) is 13.7. The zero-order chi connectivity index (χ0) is 32.9. The van der Waals surface area contributed by atoms with Crippen molar-refractivity contribution in [1.29, 1.82) is 5.41 Å². The van der Waals surface area contributed by atoms with Gasteiger partial charge in [-0.1, -0.05) is 23.3 Å². The third-order valence-electron chi connectivity index (χ3n) is 7.49. The number of piperidine rings is 1. The molecule has 7 nitrogen and oxygen atoms in total. The summed E-state index contributed by atoms with van der Waals surface area (Å²) in [5.74, 6) is -0.608. The van der Waals surface area contributed by atoms with Gasteiger partial charge in [0.25, 0.3) is 0 Å². The monoisotopic (exact) mass is 640 g/mol. The van der Waals surface area contributed by atoms with Gasteiger partial charge < -0.3 is 10.0 Å². The first-order chi connectivity index (χ1) is 20.5. The van der Waals surface area contributed by atoms with Gasteiger partial charge in [0.1, 0.15) is 0 Å². The number of hydrogen-bond acceptors (Lipinski definition) is 4. The molecule has 244 valence electrons. The molecule has 0 saturated carbocycles. The van der Waals surface area contributed by atoms with Crippen LogP contribution in [0.25, 0.3) is 0 Å². The zero-order valence-electron chi connectivity index (χ0n) is 23.9. The van der Waals surface area contributed by atoms with Gasteiger partial charge in [-0.3, -0.25) is 15.7 Å². The van der Waals surface area contributed by atoms with Crippen molar-refractivity contribution in [3.8, 4) is 0 Å². The quantitative estimate of drug-likeness (QED) is 0.0876. The Morgan fingerprint density at radius 1 is 0.932 bits per heavy atom. The molecule has 1 aliphatic rings. The molecule has 1 saturated heterocycles. The summed E-state index contributed by atoms with van der Waals surface area (Å²) in [5, 5.41) is 24.9. The average molecular weight is 641 g/mol. The topological polar surface area (TPSA) is 87.3 Å². The molecule has 0 amide bonds. The smallest absolute Gasteiger partial charge is 0.396 e. The molecule has 16 heteroatoms. The van der Waals surface area contributed by atoms with Crippen LogP contribution in [-0.4, -0.2) is 47.6 Å². The van der Waals surface area contributed by atoms with Gasteiger partial charge in [-0.25, -0.2) is 0 Å². The number of guanidine groups is 1. The number of nitrogens with one attached hydrogen (secondary N) is 2. The van der Waals surface area contributed by atoms with Gasteiger partial charge in [-0.2, -0.15) is 39.5 Å². The number of aliphatic hydroxyl groups excluding tert-OH is 1. The molecule has 2 aromatic carbocycles. The summed E-state index contributed by atoms with van der Waals surface area (Å²) in [5.41, 5.74) is -1.81. The Bertz CT molecular complexity index is 1270. The number of alkyl halides is 9.